The first-order valence-electron chi connectivity index (χ1n) is 5.22. The molecule has 14 heavy (non-hydrogen) atoms. The molecule has 3 N–H and O–H groups in total. The minimum atomic E-state index is -0.745. The van der Waals surface area contributed by atoms with Crippen LogP contribution in [0, 0.1) is 5.92 Å². The minimum Gasteiger partial charge on any atom is -0.387 e. The van der Waals surface area contributed by atoms with Gasteiger partial charge in [0.25, 0.3) is 0 Å². The highest BCUT2D eigenvalue weighted by molar-refractivity contribution is 4.88. The molecule has 1 heterocycles. The van der Waals surface area contributed by atoms with Gasteiger partial charge in [-0.15, -0.1) is 0 Å². The summed E-state index contributed by atoms with van der Waals surface area (Å²) >= 11 is 0. The van der Waals surface area contributed by atoms with Crippen molar-refractivity contribution in [2.75, 3.05) is 33.5 Å². The van der Waals surface area contributed by atoms with E-state index in [2.05, 4.69) is 0 Å². The average Bonchev–Trinajstić information content (AvgIpc) is 2.68. The maximum atomic E-state index is 10.4. The third-order valence-electron chi connectivity index (χ3n) is 2.90. The van der Waals surface area contributed by atoms with Gasteiger partial charge in [-0.05, 0) is 25.8 Å². The smallest absolute Gasteiger partial charge is 0.0931 e. The summed E-state index contributed by atoms with van der Waals surface area (Å²) in [5.41, 5.74) is 4.70. The van der Waals surface area contributed by atoms with Crippen LogP contribution in [0.5, 0.6) is 0 Å². The van der Waals surface area contributed by atoms with E-state index in [1.54, 1.807) is 7.11 Å². The average molecular weight is 203 g/mol. The Bertz CT molecular complexity index is 159. The standard InChI is InChI=1S/C10H21NO3/c1-13-8-10(12,4-2-5-11)9-3-6-14-7-9/h9,12H,2-8,11H2,1H3. The van der Waals surface area contributed by atoms with Crippen molar-refractivity contribution in [3.63, 3.8) is 0 Å². The summed E-state index contributed by atoms with van der Waals surface area (Å²) in [6, 6.07) is 0. The van der Waals surface area contributed by atoms with E-state index in [4.69, 9.17) is 15.2 Å². The number of rotatable bonds is 6. The Kier molecular flexibility index (Phi) is 4.81. The van der Waals surface area contributed by atoms with Gasteiger partial charge in [-0.2, -0.15) is 0 Å². The van der Waals surface area contributed by atoms with Crippen molar-refractivity contribution < 1.29 is 14.6 Å². The van der Waals surface area contributed by atoms with Gasteiger partial charge < -0.3 is 20.3 Å². The summed E-state index contributed by atoms with van der Waals surface area (Å²) in [5.74, 6) is 0.203. The van der Waals surface area contributed by atoms with Crippen molar-refractivity contribution in [1.29, 1.82) is 0 Å². The lowest BCUT2D eigenvalue weighted by molar-refractivity contribution is -0.0811. The van der Waals surface area contributed by atoms with Crippen molar-refractivity contribution in [2.24, 2.45) is 11.7 Å². The van der Waals surface area contributed by atoms with E-state index in [0.29, 0.717) is 26.2 Å². The molecule has 0 aromatic rings. The van der Waals surface area contributed by atoms with E-state index in [-0.39, 0.29) is 5.92 Å². The number of nitrogens with two attached hydrogens (primary N) is 1. The molecule has 84 valence electrons. The summed E-state index contributed by atoms with van der Waals surface area (Å²) in [6.45, 7) is 2.38. The molecule has 4 nitrogen and oxygen atoms in total. The molecule has 2 atom stereocenters. The lowest BCUT2D eigenvalue weighted by Gasteiger charge is -2.32. The molecule has 0 spiro atoms. The quantitative estimate of drug-likeness (QED) is 0.644. The molecule has 0 radical (unpaired) electrons. The molecule has 0 aromatic carbocycles. The first-order valence-corrected chi connectivity index (χ1v) is 5.22. The van der Waals surface area contributed by atoms with Gasteiger partial charge in [0.1, 0.15) is 0 Å². The minimum absolute atomic E-state index is 0.203. The molecule has 0 aliphatic carbocycles. The third-order valence-corrected chi connectivity index (χ3v) is 2.90. The molecule has 1 saturated heterocycles. The third kappa shape index (κ3) is 2.92. The van der Waals surface area contributed by atoms with Gasteiger partial charge >= 0.3 is 0 Å². The van der Waals surface area contributed by atoms with Crippen LogP contribution in [0.3, 0.4) is 0 Å². The molecule has 0 aromatic heterocycles. The van der Waals surface area contributed by atoms with E-state index in [0.717, 1.165) is 19.4 Å². The van der Waals surface area contributed by atoms with Crippen molar-refractivity contribution in [3.05, 3.63) is 0 Å². The number of hydrogen-bond acceptors (Lipinski definition) is 4. The van der Waals surface area contributed by atoms with Gasteiger partial charge in [-0.3, -0.25) is 0 Å². The van der Waals surface area contributed by atoms with E-state index in [1.165, 1.54) is 0 Å². The lowest BCUT2D eigenvalue weighted by Crippen LogP contribution is -2.43. The van der Waals surface area contributed by atoms with Crippen LogP contribution in [0.4, 0.5) is 0 Å². The molecule has 1 aliphatic heterocycles. The topological polar surface area (TPSA) is 64.7 Å². The maximum Gasteiger partial charge on any atom is 0.0931 e. The van der Waals surface area contributed by atoms with Crippen LogP contribution in [0.2, 0.25) is 0 Å². The van der Waals surface area contributed by atoms with Crippen LogP contribution in [0.25, 0.3) is 0 Å². The summed E-state index contributed by atoms with van der Waals surface area (Å²) in [5, 5.41) is 10.4. The van der Waals surface area contributed by atoms with Gasteiger partial charge in [0.15, 0.2) is 0 Å². The summed E-state index contributed by atoms with van der Waals surface area (Å²) < 4.78 is 10.4. The van der Waals surface area contributed by atoms with Crippen LogP contribution in [0.1, 0.15) is 19.3 Å². The fourth-order valence-corrected chi connectivity index (χ4v) is 2.01. The molecule has 1 aliphatic rings. The first kappa shape index (κ1) is 11.9. The summed E-state index contributed by atoms with van der Waals surface area (Å²) in [4.78, 5) is 0. The summed E-state index contributed by atoms with van der Waals surface area (Å²) in [7, 11) is 1.61. The highest BCUT2D eigenvalue weighted by Crippen LogP contribution is 2.30. The monoisotopic (exact) mass is 203 g/mol. The number of methoxy groups -OCH3 is 1. The predicted octanol–water partition coefficient (Wildman–Crippen LogP) is 0.139. The molecular formula is C10H21NO3. The lowest BCUT2D eigenvalue weighted by atomic mass is 9.83. The molecule has 1 rings (SSSR count). The Morgan fingerprint density at radius 2 is 2.43 bits per heavy atom. The van der Waals surface area contributed by atoms with E-state index in [1.807, 2.05) is 0 Å². The molecule has 4 heteroatoms. The van der Waals surface area contributed by atoms with Crippen molar-refractivity contribution in [2.45, 2.75) is 24.9 Å². The molecular weight excluding hydrogens is 182 g/mol. The zero-order valence-electron chi connectivity index (χ0n) is 8.87. The Morgan fingerprint density at radius 3 is 2.93 bits per heavy atom. The predicted molar refractivity (Wildman–Crippen MR) is 54.0 cm³/mol. The Balaban J connectivity index is 2.49. The second-order valence-corrected chi connectivity index (χ2v) is 3.99. The number of ether oxygens (including phenoxy) is 2. The SMILES string of the molecule is COCC(O)(CCCN)C1CCOC1. The molecule has 1 fully saturated rings. The van der Waals surface area contributed by atoms with Crippen LogP contribution < -0.4 is 5.73 Å². The van der Waals surface area contributed by atoms with Crippen molar-refractivity contribution >= 4 is 0 Å². The largest absolute Gasteiger partial charge is 0.387 e. The summed E-state index contributed by atoms with van der Waals surface area (Å²) in [6.07, 6.45) is 2.45. The zero-order chi connectivity index (χ0) is 10.4. The van der Waals surface area contributed by atoms with Gasteiger partial charge in [-0.1, -0.05) is 0 Å². The molecule has 0 bridgehead atoms. The fourth-order valence-electron chi connectivity index (χ4n) is 2.01. The normalized spacial score (nSPS) is 26.4. The van der Waals surface area contributed by atoms with Crippen LogP contribution >= 0.6 is 0 Å². The Labute approximate surface area is 85.4 Å². The fraction of sp³-hybridized carbons (Fsp3) is 1.00. The second kappa shape index (κ2) is 5.66. The molecule has 0 amide bonds. The van der Waals surface area contributed by atoms with Gasteiger partial charge in [0, 0.05) is 19.6 Å². The second-order valence-electron chi connectivity index (χ2n) is 3.99. The first-order chi connectivity index (χ1) is 6.73. The van der Waals surface area contributed by atoms with Crippen molar-refractivity contribution in [1.82, 2.24) is 0 Å². The Hall–Kier alpha value is -0.160. The van der Waals surface area contributed by atoms with Crippen LogP contribution in [0.15, 0.2) is 0 Å². The highest BCUT2D eigenvalue weighted by atomic mass is 16.5. The van der Waals surface area contributed by atoms with Crippen LogP contribution in [-0.2, 0) is 9.47 Å². The Morgan fingerprint density at radius 1 is 1.64 bits per heavy atom. The van der Waals surface area contributed by atoms with E-state index in [9.17, 15) is 5.11 Å². The van der Waals surface area contributed by atoms with Crippen molar-refractivity contribution in [3.8, 4) is 0 Å². The van der Waals surface area contributed by atoms with E-state index < -0.39 is 5.60 Å². The van der Waals surface area contributed by atoms with Gasteiger partial charge in [-0.25, -0.2) is 0 Å². The van der Waals surface area contributed by atoms with E-state index >= 15 is 0 Å². The maximum absolute atomic E-state index is 10.4. The van der Waals surface area contributed by atoms with Gasteiger partial charge in [0.2, 0.25) is 0 Å². The number of aliphatic hydroxyl groups is 1. The zero-order valence-corrected chi connectivity index (χ0v) is 8.87. The van der Waals surface area contributed by atoms with Crippen LogP contribution in [-0.4, -0.2) is 44.2 Å². The molecule has 0 saturated carbocycles. The molecule has 2 unspecified atom stereocenters. The van der Waals surface area contributed by atoms with Gasteiger partial charge in [0.05, 0.1) is 18.8 Å². The highest BCUT2D eigenvalue weighted by Gasteiger charge is 2.38. The number of hydrogen-bond donors (Lipinski definition) is 2.